The summed E-state index contributed by atoms with van der Waals surface area (Å²) in [6.45, 7) is 3.76. The molecule has 0 unspecified atom stereocenters. The summed E-state index contributed by atoms with van der Waals surface area (Å²) in [5, 5.41) is 13.3. The first-order valence-electron chi connectivity index (χ1n) is 7.84. The maximum atomic E-state index is 12.6. The summed E-state index contributed by atoms with van der Waals surface area (Å²) < 4.78 is 1.71. The molecule has 0 aliphatic carbocycles. The predicted molar refractivity (Wildman–Crippen MR) is 103 cm³/mol. The van der Waals surface area contributed by atoms with Crippen LogP contribution in [0, 0.1) is 10.1 Å². The standard InChI is InChI=1S/C18H14N4O4S/c1-2-9-21-17(24)15(16(23)19-18(21)27)11-14-4-3-10-20(14)12-5-7-13(8-6-12)22(25)26/h2-8,10-11H,1,9H2,(H,19,23,27)/b15-11-. The molecule has 1 aliphatic rings. The third-order valence-electron chi connectivity index (χ3n) is 3.91. The molecule has 2 aromatic rings. The molecule has 0 spiro atoms. The maximum Gasteiger partial charge on any atom is 0.269 e. The van der Waals surface area contributed by atoms with Crippen LogP contribution in [-0.4, -0.2) is 37.9 Å². The monoisotopic (exact) mass is 382 g/mol. The minimum Gasteiger partial charge on any atom is -0.317 e. The normalized spacial score (nSPS) is 15.8. The minimum absolute atomic E-state index is 0.0266. The van der Waals surface area contributed by atoms with Gasteiger partial charge in [0.05, 0.1) is 4.92 Å². The van der Waals surface area contributed by atoms with E-state index >= 15 is 0 Å². The largest absolute Gasteiger partial charge is 0.317 e. The predicted octanol–water partition coefficient (Wildman–Crippen LogP) is 2.20. The van der Waals surface area contributed by atoms with Crippen LogP contribution in [0.25, 0.3) is 11.8 Å². The van der Waals surface area contributed by atoms with Gasteiger partial charge < -0.3 is 4.57 Å². The van der Waals surface area contributed by atoms with Gasteiger partial charge in [0.2, 0.25) is 0 Å². The molecule has 136 valence electrons. The summed E-state index contributed by atoms with van der Waals surface area (Å²) in [5.74, 6) is -1.10. The van der Waals surface area contributed by atoms with Gasteiger partial charge in [-0.25, -0.2) is 0 Å². The summed E-state index contributed by atoms with van der Waals surface area (Å²) in [7, 11) is 0. The van der Waals surface area contributed by atoms with Crippen molar-refractivity contribution in [2.75, 3.05) is 6.54 Å². The van der Waals surface area contributed by atoms with Crippen LogP contribution < -0.4 is 5.32 Å². The van der Waals surface area contributed by atoms with Crippen LogP contribution >= 0.6 is 12.2 Å². The zero-order valence-electron chi connectivity index (χ0n) is 14.0. The first-order valence-corrected chi connectivity index (χ1v) is 8.25. The van der Waals surface area contributed by atoms with E-state index in [0.29, 0.717) is 11.4 Å². The summed E-state index contributed by atoms with van der Waals surface area (Å²) in [6, 6.07) is 9.40. The van der Waals surface area contributed by atoms with Gasteiger partial charge >= 0.3 is 0 Å². The molecule has 9 heteroatoms. The molecular weight excluding hydrogens is 368 g/mol. The van der Waals surface area contributed by atoms with Crippen molar-refractivity contribution in [1.82, 2.24) is 14.8 Å². The van der Waals surface area contributed by atoms with Gasteiger partial charge in [0.25, 0.3) is 17.5 Å². The smallest absolute Gasteiger partial charge is 0.269 e. The lowest BCUT2D eigenvalue weighted by molar-refractivity contribution is -0.384. The molecule has 0 atom stereocenters. The van der Waals surface area contributed by atoms with Crippen molar-refractivity contribution < 1.29 is 14.5 Å². The molecule has 0 saturated carbocycles. The molecule has 2 heterocycles. The number of non-ortho nitro benzene ring substituents is 1. The number of nitro groups is 1. The Labute approximate surface area is 159 Å². The number of rotatable bonds is 5. The number of carbonyl (C=O) groups is 2. The highest BCUT2D eigenvalue weighted by Gasteiger charge is 2.32. The number of hydrogen-bond acceptors (Lipinski definition) is 5. The Kier molecular flexibility index (Phi) is 4.95. The van der Waals surface area contributed by atoms with Crippen LogP contribution in [0.3, 0.4) is 0 Å². The molecule has 1 aromatic carbocycles. The molecule has 1 fully saturated rings. The Morgan fingerprint density at radius 3 is 2.56 bits per heavy atom. The van der Waals surface area contributed by atoms with Crippen LogP contribution in [0.2, 0.25) is 0 Å². The van der Waals surface area contributed by atoms with E-state index in [9.17, 15) is 19.7 Å². The Morgan fingerprint density at radius 2 is 1.93 bits per heavy atom. The van der Waals surface area contributed by atoms with Gasteiger partial charge in [-0.1, -0.05) is 6.08 Å². The van der Waals surface area contributed by atoms with Crippen molar-refractivity contribution in [3.63, 3.8) is 0 Å². The highest BCUT2D eigenvalue weighted by molar-refractivity contribution is 7.80. The van der Waals surface area contributed by atoms with Crippen molar-refractivity contribution in [2.45, 2.75) is 0 Å². The van der Waals surface area contributed by atoms with E-state index in [1.807, 2.05) is 0 Å². The number of nitrogens with zero attached hydrogens (tertiary/aromatic N) is 3. The first kappa shape index (κ1) is 18.2. The van der Waals surface area contributed by atoms with Gasteiger partial charge in [-0.05, 0) is 42.6 Å². The second-order valence-corrected chi connectivity index (χ2v) is 5.98. The quantitative estimate of drug-likeness (QED) is 0.214. The Bertz CT molecular complexity index is 991. The van der Waals surface area contributed by atoms with E-state index in [4.69, 9.17) is 12.2 Å². The molecule has 1 aromatic heterocycles. The van der Waals surface area contributed by atoms with E-state index in [0.717, 1.165) is 0 Å². The van der Waals surface area contributed by atoms with Gasteiger partial charge in [0.15, 0.2) is 5.11 Å². The topological polar surface area (TPSA) is 97.5 Å². The number of benzene rings is 1. The minimum atomic E-state index is -0.582. The summed E-state index contributed by atoms with van der Waals surface area (Å²) >= 11 is 5.02. The van der Waals surface area contributed by atoms with Crippen molar-refractivity contribution in [2.24, 2.45) is 0 Å². The summed E-state index contributed by atoms with van der Waals surface area (Å²) in [6.07, 6.45) is 4.70. The highest BCUT2D eigenvalue weighted by atomic mass is 32.1. The lowest BCUT2D eigenvalue weighted by atomic mass is 10.1. The molecule has 2 amide bonds. The van der Waals surface area contributed by atoms with Gasteiger partial charge in [-0.3, -0.25) is 29.9 Å². The number of carbonyl (C=O) groups excluding carboxylic acids is 2. The van der Waals surface area contributed by atoms with E-state index < -0.39 is 16.7 Å². The molecule has 8 nitrogen and oxygen atoms in total. The SMILES string of the molecule is C=CCN1C(=O)/C(=C\c2cccn2-c2ccc([N+](=O)[O-])cc2)C(=O)NC1=S. The van der Waals surface area contributed by atoms with Gasteiger partial charge in [0.1, 0.15) is 5.57 Å². The molecule has 0 radical (unpaired) electrons. The number of nitrogens with one attached hydrogen (secondary N) is 1. The zero-order valence-corrected chi connectivity index (χ0v) is 14.8. The zero-order chi connectivity index (χ0) is 19.6. The van der Waals surface area contributed by atoms with Crippen LogP contribution in [0.1, 0.15) is 5.69 Å². The Hall–Kier alpha value is -3.59. The Balaban J connectivity index is 1.98. The van der Waals surface area contributed by atoms with Gasteiger partial charge in [-0.2, -0.15) is 0 Å². The third kappa shape index (κ3) is 3.53. The summed E-state index contributed by atoms with van der Waals surface area (Å²) in [5.41, 5.74) is 1.13. The molecule has 1 aliphatic heterocycles. The number of thiocarbonyl (C=S) groups is 1. The fourth-order valence-corrected chi connectivity index (χ4v) is 2.87. The second kappa shape index (κ2) is 7.34. The van der Waals surface area contributed by atoms with E-state index in [1.165, 1.54) is 29.2 Å². The van der Waals surface area contributed by atoms with Crippen LogP contribution in [0.15, 0.2) is 60.8 Å². The highest BCUT2D eigenvalue weighted by Crippen LogP contribution is 2.20. The van der Waals surface area contributed by atoms with Crippen molar-refractivity contribution in [1.29, 1.82) is 0 Å². The molecule has 0 bridgehead atoms. The number of amides is 2. The molecule has 3 rings (SSSR count). The third-order valence-corrected chi connectivity index (χ3v) is 4.23. The summed E-state index contributed by atoms with van der Waals surface area (Å²) in [4.78, 5) is 36.4. The lowest BCUT2D eigenvalue weighted by Gasteiger charge is -2.27. The fraction of sp³-hybridized carbons (Fsp3) is 0.0556. The van der Waals surface area contributed by atoms with Crippen molar-refractivity contribution in [3.8, 4) is 5.69 Å². The van der Waals surface area contributed by atoms with Crippen molar-refractivity contribution in [3.05, 3.63) is 76.6 Å². The van der Waals surface area contributed by atoms with Gasteiger partial charge in [-0.15, -0.1) is 6.58 Å². The van der Waals surface area contributed by atoms with Crippen molar-refractivity contribution >= 4 is 40.9 Å². The average molecular weight is 382 g/mol. The van der Waals surface area contributed by atoms with E-state index in [1.54, 1.807) is 35.0 Å². The van der Waals surface area contributed by atoms with E-state index in [-0.39, 0.29) is 22.9 Å². The van der Waals surface area contributed by atoms with Crippen LogP contribution in [0.4, 0.5) is 5.69 Å². The number of hydrogen-bond donors (Lipinski definition) is 1. The fourth-order valence-electron chi connectivity index (χ4n) is 2.62. The van der Waals surface area contributed by atoms with Gasteiger partial charge in [0, 0.05) is 36.3 Å². The Morgan fingerprint density at radius 1 is 1.22 bits per heavy atom. The molecule has 1 saturated heterocycles. The molecule has 1 N–H and O–H groups in total. The number of aromatic nitrogens is 1. The van der Waals surface area contributed by atoms with E-state index in [2.05, 4.69) is 11.9 Å². The number of nitro benzene ring substituents is 1. The second-order valence-electron chi connectivity index (χ2n) is 5.60. The maximum absolute atomic E-state index is 12.6. The van der Waals surface area contributed by atoms with Crippen LogP contribution in [0.5, 0.6) is 0 Å². The lowest BCUT2D eigenvalue weighted by Crippen LogP contribution is -2.53. The van der Waals surface area contributed by atoms with Crippen LogP contribution in [-0.2, 0) is 9.59 Å². The average Bonchev–Trinajstić information content (AvgIpc) is 3.10. The first-order chi connectivity index (χ1) is 12.9. The molecule has 27 heavy (non-hydrogen) atoms. The molecular formula is C18H14N4O4S.